The van der Waals surface area contributed by atoms with Gasteiger partial charge in [0, 0.05) is 6.42 Å². The summed E-state index contributed by atoms with van der Waals surface area (Å²) in [6, 6.07) is 10.0. The summed E-state index contributed by atoms with van der Waals surface area (Å²) < 4.78 is 10.1. The van der Waals surface area contributed by atoms with Crippen LogP contribution in [0.25, 0.3) is 0 Å². The molecule has 1 saturated heterocycles. The van der Waals surface area contributed by atoms with E-state index in [4.69, 9.17) is 9.47 Å². The standard InChI is InChI=1S/C19H29N3O5.ClH/c1-4-26-18(24)21-12-16(17(23)13-22(21)19(25)27-5-2)20-14(3)11-15-9-7-6-8-10-15;/h6-10,14,16-17,20,23H,4-5,11-13H2,1-3H3;1H. The number of β-amino-alcohol motifs (C(OH)–C–C–N with tert-alkyl or cyclic N) is 1. The SMILES string of the molecule is CCOC(=O)N1CC(O)C([NH2+]C(C)Cc2ccccc2)CN1C(=O)OCC.[Cl-]. The van der Waals surface area contributed by atoms with Gasteiger partial charge in [-0.2, -0.15) is 0 Å². The molecule has 0 spiro atoms. The van der Waals surface area contributed by atoms with Crippen molar-refractivity contribution in [2.45, 2.75) is 45.4 Å². The van der Waals surface area contributed by atoms with Crippen LogP contribution in [0.3, 0.4) is 0 Å². The van der Waals surface area contributed by atoms with E-state index < -0.39 is 18.3 Å². The third kappa shape index (κ3) is 6.54. The molecule has 2 amide bonds. The Labute approximate surface area is 172 Å². The van der Waals surface area contributed by atoms with E-state index in [1.165, 1.54) is 10.6 Å². The number of halogens is 1. The topological polar surface area (TPSA) is 95.9 Å². The Morgan fingerprint density at radius 1 is 1.11 bits per heavy atom. The average molecular weight is 416 g/mol. The minimum atomic E-state index is -0.779. The normalized spacial score (nSPS) is 20.1. The number of aliphatic hydroxyl groups excluding tert-OH is 1. The number of ether oxygens (including phenoxy) is 2. The third-order valence-electron chi connectivity index (χ3n) is 4.46. The predicted molar refractivity (Wildman–Crippen MR) is 98.8 cm³/mol. The maximum atomic E-state index is 12.3. The van der Waals surface area contributed by atoms with Gasteiger partial charge in [0.25, 0.3) is 0 Å². The Morgan fingerprint density at radius 2 is 1.64 bits per heavy atom. The number of amides is 2. The monoisotopic (exact) mass is 415 g/mol. The number of hydrogen-bond donors (Lipinski definition) is 2. The van der Waals surface area contributed by atoms with Crippen LogP contribution < -0.4 is 17.7 Å². The second kappa shape index (κ2) is 11.7. The van der Waals surface area contributed by atoms with Crippen molar-refractivity contribution in [2.75, 3.05) is 26.3 Å². The molecule has 1 aliphatic rings. The lowest BCUT2D eigenvalue weighted by Gasteiger charge is -2.41. The van der Waals surface area contributed by atoms with Gasteiger partial charge in [-0.3, -0.25) is 0 Å². The molecule has 0 aliphatic carbocycles. The number of hydrogen-bond acceptors (Lipinski definition) is 5. The minimum Gasteiger partial charge on any atom is -1.00 e. The second-order valence-corrected chi connectivity index (χ2v) is 6.65. The van der Waals surface area contributed by atoms with Crippen LogP contribution in [0.15, 0.2) is 30.3 Å². The average Bonchev–Trinajstić information content (AvgIpc) is 2.64. The summed E-state index contributed by atoms with van der Waals surface area (Å²) in [5, 5.41) is 14.9. The number of quaternary nitrogens is 1. The van der Waals surface area contributed by atoms with E-state index in [0.717, 1.165) is 11.4 Å². The molecule has 3 N–H and O–H groups in total. The Kier molecular flexibility index (Phi) is 10.1. The summed E-state index contributed by atoms with van der Waals surface area (Å²) in [4.78, 5) is 24.5. The van der Waals surface area contributed by atoms with Gasteiger partial charge in [-0.05, 0) is 26.3 Å². The Balaban J connectivity index is 0.00000392. The summed E-state index contributed by atoms with van der Waals surface area (Å²) in [6.07, 6.45) is -1.23. The molecule has 0 radical (unpaired) electrons. The molecule has 3 unspecified atom stereocenters. The number of carbonyl (C=O) groups is 2. The lowest BCUT2D eigenvalue weighted by molar-refractivity contribution is -0.726. The van der Waals surface area contributed by atoms with Gasteiger partial charge >= 0.3 is 12.2 Å². The van der Waals surface area contributed by atoms with Crippen LogP contribution in [0.4, 0.5) is 9.59 Å². The van der Waals surface area contributed by atoms with Gasteiger partial charge in [0.05, 0.1) is 25.8 Å². The van der Waals surface area contributed by atoms with E-state index in [0.29, 0.717) is 0 Å². The maximum absolute atomic E-state index is 12.3. The molecular formula is C19H30ClN3O5. The fraction of sp³-hybridized carbons (Fsp3) is 0.579. The van der Waals surface area contributed by atoms with Crippen molar-refractivity contribution in [1.29, 1.82) is 0 Å². The van der Waals surface area contributed by atoms with E-state index in [2.05, 4.69) is 19.1 Å². The molecule has 2 rings (SSSR count). The van der Waals surface area contributed by atoms with Gasteiger partial charge in [0.15, 0.2) is 0 Å². The number of aliphatic hydroxyl groups is 1. The highest BCUT2D eigenvalue weighted by Gasteiger charge is 2.42. The van der Waals surface area contributed by atoms with E-state index in [1.54, 1.807) is 13.8 Å². The molecule has 28 heavy (non-hydrogen) atoms. The molecule has 1 aliphatic heterocycles. The quantitative estimate of drug-likeness (QED) is 0.548. The molecule has 8 nitrogen and oxygen atoms in total. The number of nitrogens with two attached hydrogens (primary N) is 1. The van der Waals surface area contributed by atoms with Crippen molar-refractivity contribution in [3.05, 3.63) is 35.9 Å². The van der Waals surface area contributed by atoms with Crippen LogP contribution in [0.2, 0.25) is 0 Å². The first-order valence-electron chi connectivity index (χ1n) is 9.41. The van der Waals surface area contributed by atoms with Gasteiger partial charge in [0.2, 0.25) is 0 Å². The van der Waals surface area contributed by atoms with Gasteiger partial charge in [-0.1, -0.05) is 30.3 Å². The van der Waals surface area contributed by atoms with Crippen molar-refractivity contribution >= 4 is 12.2 Å². The third-order valence-corrected chi connectivity index (χ3v) is 4.46. The minimum absolute atomic E-state index is 0. The first kappa shape index (κ1) is 24.0. The maximum Gasteiger partial charge on any atom is 0.429 e. The van der Waals surface area contributed by atoms with Gasteiger partial charge in [-0.25, -0.2) is 19.6 Å². The smallest absolute Gasteiger partial charge is 0.429 e. The lowest BCUT2D eigenvalue weighted by atomic mass is 10.0. The Hall–Kier alpha value is -2.03. The highest BCUT2D eigenvalue weighted by molar-refractivity contribution is 5.74. The van der Waals surface area contributed by atoms with E-state index in [9.17, 15) is 14.7 Å². The van der Waals surface area contributed by atoms with E-state index in [-0.39, 0.29) is 50.8 Å². The molecule has 1 fully saturated rings. The number of rotatable bonds is 6. The van der Waals surface area contributed by atoms with Crippen LogP contribution in [0.5, 0.6) is 0 Å². The molecule has 9 heteroatoms. The highest BCUT2D eigenvalue weighted by Crippen LogP contribution is 2.14. The molecule has 1 aromatic rings. The number of benzene rings is 1. The molecule has 158 valence electrons. The van der Waals surface area contributed by atoms with Crippen LogP contribution in [-0.4, -0.2) is 71.8 Å². The number of hydrazine groups is 1. The molecule has 0 aromatic heterocycles. The number of carbonyl (C=O) groups excluding carboxylic acids is 2. The summed E-state index contributed by atoms with van der Waals surface area (Å²) >= 11 is 0. The van der Waals surface area contributed by atoms with Gasteiger partial charge in [-0.15, -0.1) is 0 Å². The van der Waals surface area contributed by atoms with Crippen LogP contribution in [0, 0.1) is 0 Å². The van der Waals surface area contributed by atoms with Crippen LogP contribution in [0.1, 0.15) is 26.3 Å². The van der Waals surface area contributed by atoms with Gasteiger partial charge < -0.3 is 32.3 Å². The summed E-state index contributed by atoms with van der Waals surface area (Å²) in [6.45, 7) is 6.01. The van der Waals surface area contributed by atoms with E-state index in [1.807, 2.05) is 23.5 Å². The second-order valence-electron chi connectivity index (χ2n) is 6.65. The lowest BCUT2D eigenvalue weighted by Crippen LogP contribution is -3.00. The van der Waals surface area contributed by atoms with Crippen molar-refractivity contribution in [3.8, 4) is 0 Å². The predicted octanol–water partition coefficient (Wildman–Crippen LogP) is -2.24. The summed E-state index contributed by atoms with van der Waals surface area (Å²) in [5.41, 5.74) is 1.21. The first-order chi connectivity index (χ1) is 13.0. The zero-order chi connectivity index (χ0) is 19.8. The van der Waals surface area contributed by atoms with Crippen molar-refractivity contribution in [3.63, 3.8) is 0 Å². The zero-order valence-corrected chi connectivity index (χ0v) is 17.3. The summed E-state index contributed by atoms with van der Waals surface area (Å²) in [5.74, 6) is 0. The largest absolute Gasteiger partial charge is 1.00 e. The van der Waals surface area contributed by atoms with Crippen molar-refractivity contribution < 1.29 is 41.9 Å². The molecule has 0 bridgehead atoms. The molecule has 1 aromatic carbocycles. The molecular weight excluding hydrogens is 386 g/mol. The summed E-state index contributed by atoms with van der Waals surface area (Å²) in [7, 11) is 0. The molecule has 0 saturated carbocycles. The Morgan fingerprint density at radius 3 is 2.18 bits per heavy atom. The number of nitrogens with zero attached hydrogens (tertiary/aromatic N) is 2. The fourth-order valence-electron chi connectivity index (χ4n) is 3.24. The van der Waals surface area contributed by atoms with Crippen molar-refractivity contribution in [2.24, 2.45) is 0 Å². The van der Waals surface area contributed by atoms with Crippen LogP contribution in [-0.2, 0) is 15.9 Å². The van der Waals surface area contributed by atoms with Gasteiger partial charge in [0.1, 0.15) is 18.7 Å². The Bertz CT molecular complexity index is 619. The van der Waals surface area contributed by atoms with E-state index >= 15 is 0 Å². The van der Waals surface area contributed by atoms with Crippen LogP contribution >= 0.6 is 0 Å². The van der Waals surface area contributed by atoms with Crippen molar-refractivity contribution in [1.82, 2.24) is 10.0 Å². The first-order valence-corrected chi connectivity index (χ1v) is 9.41. The zero-order valence-electron chi connectivity index (χ0n) is 16.6. The molecule has 1 heterocycles. The molecule has 3 atom stereocenters. The fourth-order valence-corrected chi connectivity index (χ4v) is 3.24. The highest BCUT2D eigenvalue weighted by atomic mass is 35.5.